The van der Waals surface area contributed by atoms with Crippen LogP contribution in [0.1, 0.15) is 45.7 Å². The number of hydrogen-bond donors (Lipinski definition) is 0. The molecule has 0 saturated carbocycles. The van der Waals surface area contributed by atoms with Crippen LogP contribution in [0.25, 0.3) is 0 Å². The summed E-state index contributed by atoms with van der Waals surface area (Å²) in [5, 5.41) is 0. The summed E-state index contributed by atoms with van der Waals surface area (Å²) in [5.41, 5.74) is -6.57. The van der Waals surface area contributed by atoms with Crippen molar-refractivity contribution in [2.24, 2.45) is 0 Å². The van der Waals surface area contributed by atoms with E-state index in [2.05, 4.69) is 0 Å². The maximum atomic E-state index is 14.7. The molecule has 0 atom stereocenters. The summed E-state index contributed by atoms with van der Waals surface area (Å²) in [5.74, 6) is -5.13. The fourth-order valence-electron chi connectivity index (χ4n) is 6.02. The molecule has 4 aromatic rings. The van der Waals surface area contributed by atoms with E-state index in [1.54, 1.807) is 0 Å². The summed E-state index contributed by atoms with van der Waals surface area (Å²) in [6.45, 7) is 2.91. The van der Waals surface area contributed by atoms with Gasteiger partial charge in [0, 0.05) is 23.3 Å². The number of nitrogens with zero attached hydrogens (tertiary/aromatic N) is 2. The van der Waals surface area contributed by atoms with Gasteiger partial charge in [-0.3, -0.25) is 19.2 Å². The van der Waals surface area contributed by atoms with Crippen LogP contribution in [0.4, 0.5) is 37.7 Å². The number of esters is 2. The Hall–Kier alpha value is -6.84. The van der Waals surface area contributed by atoms with Gasteiger partial charge in [0.25, 0.3) is 23.6 Å². The molecule has 0 N–H and O–H groups in total. The van der Waals surface area contributed by atoms with Gasteiger partial charge in [-0.25, -0.2) is 19.4 Å². The van der Waals surface area contributed by atoms with E-state index in [4.69, 9.17) is 9.47 Å². The summed E-state index contributed by atoms with van der Waals surface area (Å²) in [6, 6.07) is 15.1. The number of anilines is 2. The van der Waals surface area contributed by atoms with Gasteiger partial charge in [-0.05, 0) is 97.8 Å². The normalized spacial score (nSPS) is 15.0. The minimum absolute atomic E-state index is 0.1000. The zero-order valence-corrected chi connectivity index (χ0v) is 28.3. The third-order valence-corrected chi connectivity index (χ3v) is 8.77. The number of hydrogen-bond acceptors (Lipinski definition) is 8. The van der Waals surface area contributed by atoms with Gasteiger partial charge in [-0.2, -0.15) is 26.3 Å². The highest BCUT2D eigenvalue weighted by Gasteiger charge is 2.72. The minimum Gasteiger partial charge on any atom is -0.423 e. The van der Waals surface area contributed by atoms with Crippen molar-refractivity contribution >= 4 is 46.9 Å². The molecular formula is C39H24F6N2O8. The first kappa shape index (κ1) is 37.9. The molecule has 0 radical (unpaired) electrons. The molecule has 0 unspecified atom stereocenters. The van der Waals surface area contributed by atoms with Gasteiger partial charge < -0.3 is 9.47 Å². The van der Waals surface area contributed by atoms with E-state index in [1.807, 2.05) is 0 Å². The van der Waals surface area contributed by atoms with E-state index in [0.29, 0.717) is 24.3 Å². The van der Waals surface area contributed by atoms with Gasteiger partial charge in [0.05, 0.1) is 22.5 Å². The Morgan fingerprint density at radius 1 is 0.491 bits per heavy atom. The number of halogens is 6. The number of imide groups is 2. The van der Waals surface area contributed by atoms with Crippen LogP contribution in [0.3, 0.4) is 0 Å². The third kappa shape index (κ3) is 6.77. The molecular weight excluding hydrogens is 738 g/mol. The quantitative estimate of drug-likeness (QED) is 0.0801. The van der Waals surface area contributed by atoms with Gasteiger partial charge in [0.1, 0.15) is 11.5 Å². The van der Waals surface area contributed by atoms with Crippen LogP contribution in [-0.4, -0.2) is 47.9 Å². The van der Waals surface area contributed by atoms with Crippen molar-refractivity contribution in [3.05, 3.63) is 143 Å². The van der Waals surface area contributed by atoms with E-state index in [9.17, 15) is 55.1 Å². The molecule has 6 rings (SSSR count). The average Bonchev–Trinajstić information content (AvgIpc) is 3.54. The lowest BCUT2D eigenvalue weighted by molar-refractivity contribution is -0.288. The van der Waals surface area contributed by atoms with Crippen molar-refractivity contribution in [3.63, 3.8) is 0 Å². The third-order valence-electron chi connectivity index (χ3n) is 8.77. The number of benzene rings is 4. The first-order valence-electron chi connectivity index (χ1n) is 16.0. The number of rotatable bonds is 8. The summed E-state index contributed by atoms with van der Waals surface area (Å²) < 4.78 is 98.8. The highest BCUT2D eigenvalue weighted by Crippen LogP contribution is 2.56. The molecule has 0 fully saturated rings. The average molecular weight is 763 g/mol. The zero-order chi connectivity index (χ0) is 40.0. The number of carbonyl (C=O) groups is 6. The van der Waals surface area contributed by atoms with Crippen LogP contribution >= 0.6 is 0 Å². The van der Waals surface area contributed by atoms with Gasteiger partial charge >= 0.3 is 24.3 Å². The Kier molecular flexibility index (Phi) is 9.55. The number of carbonyl (C=O) groups excluding carboxylic acids is 6. The van der Waals surface area contributed by atoms with E-state index < -0.39 is 64.5 Å². The van der Waals surface area contributed by atoms with E-state index >= 15 is 0 Å². The summed E-state index contributed by atoms with van der Waals surface area (Å²) in [7, 11) is 0. The predicted molar refractivity (Wildman–Crippen MR) is 181 cm³/mol. The molecule has 16 heteroatoms. The second kappa shape index (κ2) is 13.9. The molecule has 2 aliphatic rings. The predicted octanol–water partition coefficient (Wildman–Crippen LogP) is 7.17. The molecule has 0 aliphatic carbocycles. The highest BCUT2D eigenvalue weighted by atomic mass is 19.4. The maximum Gasteiger partial charge on any atom is 0.411 e. The van der Waals surface area contributed by atoms with Crippen molar-refractivity contribution in [1.82, 2.24) is 0 Å². The lowest BCUT2D eigenvalue weighted by Crippen LogP contribution is -2.54. The molecule has 55 heavy (non-hydrogen) atoms. The SMILES string of the molecule is CC1=CC(=O)N(c2ccc(C(=O)Oc3ccc(C(c4ccc(OC(=O)c5ccc(N6C(=O)C=C(C)C6=O)cc5)cc4)(C(F)(F)F)C(F)(F)F)cc3)cc2)C1=O. The smallest absolute Gasteiger partial charge is 0.411 e. The van der Waals surface area contributed by atoms with Crippen LogP contribution in [0, 0.1) is 0 Å². The van der Waals surface area contributed by atoms with Crippen molar-refractivity contribution in [1.29, 1.82) is 0 Å². The van der Waals surface area contributed by atoms with Crippen molar-refractivity contribution in [2.45, 2.75) is 31.6 Å². The fourth-order valence-corrected chi connectivity index (χ4v) is 6.02. The van der Waals surface area contributed by atoms with Crippen LogP contribution in [0.5, 0.6) is 11.5 Å². The van der Waals surface area contributed by atoms with Gasteiger partial charge in [0.2, 0.25) is 5.41 Å². The van der Waals surface area contributed by atoms with Crippen LogP contribution in [0.15, 0.2) is 120 Å². The molecule has 2 aliphatic heterocycles. The number of alkyl halides is 6. The van der Waals surface area contributed by atoms with E-state index in [1.165, 1.54) is 62.4 Å². The first-order chi connectivity index (χ1) is 25.8. The number of ether oxygens (including phenoxy) is 2. The lowest BCUT2D eigenvalue weighted by atomic mass is 9.73. The highest BCUT2D eigenvalue weighted by molar-refractivity contribution is 6.31. The Morgan fingerprint density at radius 3 is 1.05 bits per heavy atom. The van der Waals surface area contributed by atoms with Crippen LogP contribution in [0.2, 0.25) is 0 Å². The second-order valence-corrected chi connectivity index (χ2v) is 12.3. The minimum atomic E-state index is -5.95. The van der Waals surface area contributed by atoms with Crippen molar-refractivity contribution in [3.8, 4) is 11.5 Å². The molecule has 0 spiro atoms. The zero-order valence-electron chi connectivity index (χ0n) is 28.3. The summed E-state index contributed by atoms with van der Waals surface area (Å²) >= 11 is 0. The van der Waals surface area contributed by atoms with E-state index in [0.717, 1.165) is 46.2 Å². The molecule has 0 bridgehead atoms. The maximum absolute atomic E-state index is 14.7. The fraction of sp³-hybridized carbons (Fsp3) is 0.128. The lowest BCUT2D eigenvalue weighted by Gasteiger charge is -2.38. The Bertz CT molecular complexity index is 2150. The van der Waals surface area contributed by atoms with Crippen molar-refractivity contribution in [2.75, 3.05) is 9.80 Å². The van der Waals surface area contributed by atoms with Crippen LogP contribution in [-0.2, 0) is 24.6 Å². The molecule has 10 nitrogen and oxygen atoms in total. The van der Waals surface area contributed by atoms with Gasteiger partial charge in [0.15, 0.2) is 0 Å². The Labute approximate surface area is 306 Å². The number of amides is 4. The molecule has 0 saturated heterocycles. The topological polar surface area (TPSA) is 127 Å². The van der Waals surface area contributed by atoms with Gasteiger partial charge in [-0.15, -0.1) is 0 Å². The van der Waals surface area contributed by atoms with Crippen molar-refractivity contribution < 1.29 is 64.6 Å². The molecule has 4 amide bonds. The monoisotopic (exact) mass is 762 g/mol. The molecule has 0 aromatic heterocycles. The van der Waals surface area contributed by atoms with E-state index in [-0.39, 0.29) is 45.1 Å². The Morgan fingerprint density at radius 2 is 0.800 bits per heavy atom. The standard InChI is InChI=1S/C39H24F6N2O8/c1-21-19-31(48)46(33(21)50)27-11-3-23(4-12-27)35(52)54-29-15-7-25(8-16-29)37(38(40,41)42,39(43,44)45)26-9-17-30(18-10-26)55-36(53)24-5-13-28(14-6-24)47-32(49)20-22(2)34(47)51/h3-20H,1-2H3. The molecule has 2 heterocycles. The summed E-state index contributed by atoms with van der Waals surface area (Å²) in [6.07, 6.45) is -9.63. The molecule has 4 aromatic carbocycles. The Balaban J connectivity index is 1.19. The second-order valence-electron chi connectivity index (χ2n) is 12.3. The van der Waals surface area contributed by atoms with Crippen LogP contribution < -0.4 is 19.3 Å². The largest absolute Gasteiger partial charge is 0.423 e. The van der Waals surface area contributed by atoms with Gasteiger partial charge in [-0.1, -0.05) is 24.3 Å². The summed E-state index contributed by atoms with van der Waals surface area (Å²) in [4.78, 5) is 75.9. The molecule has 280 valence electrons. The first-order valence-corrected chi connectivity index (χ1v) is 16.0.